The Hall–Kier alpha value is -4.43. The summed E-state index contributed by atoms with van der Waals surface area (Å²) in [5, 5.41) is 20.8. The van der Waals surface area contributed by atoms with E-state index in [1.54, 1.807) is 37.4 Å². The minimum atomic E-state index is -5.08. The Morgan fingerprint density at radius 2 is 1.71 bits per heavy atom. The monoisotopic (exact) mass is 546 g/mol. The number of fused-ring (bicyclic) bond motifs is 1. The van der Waals surface area contributed by atoms with Crippen molar-refractivity contribution >= 4 is 23.6 Å². The van der Waals surface area contributed by atoms with E-state index < -0.39 is 41.8 Å². The SMILES string of the molecule is Cc1cc(OCc2c(F)cccc2F)c2nc(C)c(C(=O)NCC(C)NC(=O)O)n2c1.O=C(O)C(F)(F)F. The van der Waals surface area contributed by atoms with Crippen LogP contribution < -0.4 is 15.4 Å². The molecule has 15 heteroatoms. The Balaban J connectivity index is 0.000000638. The van der Waals surface area contributed by atoms with E-state index >= 15 is 0 Å². The van der Waals surface area contributed by atoms with E-state index in [1.807, 2.05) is 0 Å². The number of benzene rings is 1. The predicted octanol–water partition coefficient (Wildman–Crippen LogP) is 3.83. The fraction of sp³-hybridized carbons (Fsp3) is 0.304. The average molecular weight is 546 g/mol. The molecule has 0 saturated heterocycles. The van der Waals surface area contributed by atoms with Crippen LogP contribution in [0.25, 0.3) is 5.65 Å². The lowest BCUT2D eigenvalue weighted by molar-refractivity contribution is -0.192. The van der Waals surface area contributed by atoms with Crippen LogP contribution in [0.5, 0.6) is 5.75 Å². The van der Waals surface area contributed by atoms with E-state index in [4.69, 9.17) is 19.7 Å². The largest absolute Gasteiger partial charge is 0.490 e. The third-order valence-electron chi connectivity index (χ3n) is 4.83. The average Bonchev–Trinajstić information content (AvgIpc) is 3.12. The fourth-order valence-electron chi connectivity index (χ4n) is 3.15. The number of hydrogen-bond donors (Lipinski definition) is 4. The number of carbonyl (C=O) groups excluding carboxylic acids is 1. The number of carboxylic acid groups (broad SMARTS) is 2. The van der Waals surface area contributed by atoms with Gasteiger partial charge in [-0.1, -0.05) is 6.07 Å². The number of hydrogen-bond acceptors (Lipinski definition) is 5. The molecular weight excluding hydrogens is 523 g/mol. The molecule has 0 bridgehead atoms. The number of amides is 2. The Kier molecular flexibility index (Phi) is 9.57. The van der Waals surface area contributed by atoms with Crippen LogP contribution in [0.15, 0.2) is 30.5 Å². The lowest BCUT2D eigenvalue weighted by atomic mass is 10.2. The normalized spacial score (nSPS) is 11.8. The van der Waals surface area contributed by atoms with Crippen LogP contribution in [-0.2, 0) is 11.4 Å². The lowest BCUT2D eigenvalue weighted by Crippen LogP contribution is -2.41. The minimum absolute atomic E-state index is 0.0829. The first-order valence-corrected chi connectivity index (χ1v) is 10.7. The van der Waals surface area contributed by atoms with Crippen LogP contribution in [0, 0.1) is 25.5 Å². The topological polar surface area (TPSA) is 142 Å². The number of imidazole rings is 1. The predicted molar refractivity (Wildman–Crippen MR) is 122 cm³/mol. The number of ether oxygens (including phenoxy) is 1. The third-order valence-corrected chi connectivity index (χ3v) is 4.83. The quantitative estimate of drug-likeness (QED) is 0.330. The molecule has 1 unspecified atom stereocenters. The number of rotatable bonds is 7. The van der Waals surface area contributed by atoms with Gasteiger partial charge in [0.05, 0.1) is 11.3 Å². The summed E-state index contributed by atoms with van der Waals surface area (Å²) in [5.74, 6) is -4.36. The molecule has 2 aromatic heterocycles. The van der Waals surface area contributed by atoms with E-state index in [0.717, 1.165) is 17.7 Å². The van der Waals surface area contributed by atoms with Crippen molar-refractivity contribution in [3.05, 3.63) is 64.6 Å². The first-order chi connectivity index (χ1) is 17.6. The molecule has 0 aliphatic heterocycles. The van der Waals surface area contributed by atoms with Crippen LogP contribution in [-0.4, -0.2) is 56.3 Å². The van der Waals surface area contributed by atoms with E-state index in [1.165, 1.54) is 6.07 Å². The fourth-order valence-corrected chi connectivity index (χ4v) is 3.15. The van der Waals surface area contributed by atoms with E-state index in [2.05, 4.69) is 15.6 Å². The smallest absolute Gasteiger partial charge is 0.485 e. The summed E-state index contributed by atoms with van der Waals surface area (Å²) in [6.07, 6.45) is -4.57. The van der Waals surface area contributed by atoms with Gasteiger partial charge in [-0.05, 0) is 44.5 Å². The van der Waals surface area contributed by atoms with Gasteiger partial charge in [-0.15, -0.1) is 0 Å². The zero-order chi connectivity index (χ0) is 28.8. The lowest BCUT2D eigenvalue weighted by Gasteiger charge is -2.13. The zero-order valence-corrected chi connectivity index (χ0v) is 20.2. The van der Waals surface area contributed by atoms with E-state index in [-0.39, 0.29) is 30.2 Å². The van der Waals surface area contributed by atoms with Gasteiger partial charge in [0.15, 0.2) is 11.4 Å². The summed E-state index contributed by atoms with van der Waals surface area (Å²) >= 11 is 0. The molecule has 3 aromatic rings. The molecule has 3 rings (SSSR count). The van der Waals surface area contributed by atoms with Gasteiger partial charge in [0.25, 0.3) is 5.91 Å². The van der Waals surface area contributed by atoms with Crippen molar-refractivity contribution in [2.45, 2.75) is 39.6 Å². The first-order valence-electron chi connectivity index (χ1n) is 10.7. The van der Waals surface area contributed by atoms with Crippen LogP contribution in [0.4, 0.5) is 26.7 Å². The van der Waals surface area contributed by atoms with Crippen molar-refractivity contribution in [2.75, 3.05) is 6.54 Å². The Morgan fingerprint density at radius 1 is 1.13 bits per heavy atom. The number of carbonyl (C=O) groups is 3. The molecule has 1 aromatic carbocycles. The van der Waals surface area contributed by atoms with Gasteiger partial charge in [-0.25, -0.2) is 23.4 Å². The summed E-state index contributed by atoms with van der Waals surface area (Å²) in [6, 6.07) is 4.75. The number of aliphatic carboxylic acids is 1. The number of carboxylic acids is 1. The number of aryl methyl sites for hydroxylation is 2. The number of alkyl halides is 3. The second-order valence-electron chi connectivity index (χ2n) is 7.97. The van der Waals surface area contributed by atoms with Gasteiger partial charge >= 0.3 is 18.2 Å². The van der Waals surface area contributed by atoms with Crippen molar-refractivity contribution in [2.24, 2.45) is 0 Å². The maximum Gasteiger partial charge on any atom is 0.490 e. The molecule has 2 heterocycles. The molecule has 0 aliphatic rings. The second-order valence-corrected chi connectivity index (χ2v) is 7.97. The summed E-state index contributed by atoms with van der Waals surface area (Å²) in [4.78, 5) is 36.7. The van der Waals surface area contributed by atoms with Gasteiger partial charge in [0.1, 0.15) is 23.9 Å². The highest BCUT2D eigenvalue weighted by Crippen LogP contribution is 2.26. The highest BCUT2D eigenvalue weighted by Gasteiger charge is 2.38. The van der Waals surface area contributed by atoms with Gasteiger partial charge in [-0.3, -0.25) is 9.20 Å². The van der Waals surface area contributed by atoms with Crippen LogP contribution >= 0.6 is 0 Å². The van der Waals surface area contributed by atoms with Gasteiger partial charge in [0, 0.05) is 18.8 Å². The molecule has 2 amide bonds. The van der Waals surface area contributed by atoms with Crippen LogP contribution in [0.3, 0.4) is 0 Å². The Morgan fingerprint density at radius 3 is 2.24 bits per heavy atom. The second kappa shape index (κ2) is 12.2. The molecule has 0 saturated carbocycles. The molecule has 0 aliphatic carbocycles. The van der Waals surface area contributed by atoms with Crippen molar-refractivity contribution in [3.8, 4) is 5.75 Å². The van der Waals surface area contributed by atoms with Gasteiger partial charge < -0.3 is 25.6 Å². The highest BCUT2D eigenvalue weighted by molar-refractivity contribution is 5.95. The summed E-state index contributed by atoms with van der Waals surface area (Å²) in [7, 11) is 0. The third kappa shape index (κ3) is 7.78. The van der Waals surface area contributed by atoms with Crippen LogP contribution in [0.1, 0.15) is 34.2 Å². The van der Waals surface area contributed by atoms with Gasteiger partial charge in [-0.2, -0.15) is 13.2 Å². The van der Waals surface area contributed by atoms with Crippen LogP contribution in [0.2, 0.25) is 0 Å². The Labute approximate surface area is 212 Å². The maximum absolute atomic E-state index is 13.9. The standard InChI is InChI=1S/C21H22F2N4O4.C2HF3O2/c1-11-7-17(31-10-14-15(22)5-4-6-16(14)23)19-26-13(3)18(27(19)9-11)20(28)24-8-12(2)25-21(29)30;3-2(4,5)1(6)7/h4-7,9,12,25H,8,10H2,1-3H3,(H,24,28)(H,29,30);(H,6,7). The van der Waals surface area contributed by atoms with Crippen molar-refractivity contribution < 1.29 is 51.3 Å². The summed E-state index contributed by atoms with van der Waals surface area (Å²) in [6.45, 7) is 4.79. The highest BCUT2D eigenvalue weighted by atomic mass is 19.4. The van der Waals surface area contributed by atoms with Crippen molar-refractivity contribution in [3.63, 3.8) is 0 Å². The molecule has 38 heavy (non-hydrogen) atoms. The van der Waals surface area contributed by atoms with Gasteiger partial charge in [0.2, 0.25) is 0 Å². The summed E-state index contributed by atoms with van der Waals surface area (Å²) < 4.78 is 66.8. The van der Waals surface area contributed by atoms with E-state index in [0.29, 0.717) is 11.3 Å². The molecule has 0 spiro atoms. The number of pyridine rings is 1. The molecule has 0 radical (unpaired) electrons. The molecule has 10 nitrogen and oxygen atoms in total. The minimum Gasteiger partial charge on any atom is -0.485 e. The maximum atomic E-state index is 13.9. The number of aromatic nitrogens is 2. The van der Waals surface area contributed by atoms with Crippen molar-refractivity contribution in [1.82, 2.24) is 20.0 Å². The number of halogens is 5. The summed E-state index contributed by atoms with van der Waals surface area (Å²) in [5.41, 5.74) is 1.53. The molecular formula is C23H23F5N4O6. The molecule has 4 N–H and O–H groups in total. The zero-order valence-electron chi connectivity index (χ0n) is 20.2. The molecule has 206 valence electrons. The first kappa shape index (κ1) is 29.8. The Bertz CT molecular complexity index is 1320. The molecule has 0 fully saturated rings. The van der Waals surface area contributed by atoms with Crippen molar-refractivity contribution in [1.29, 1.82) is 0 Å². The number of nitrogens with one attached hydrogen (secondary N) is 2. The molecule has 1 atom stereocenters. The van der Waals surface area contributed by atoms with E-state index in [9.17, 15) is 31.5 Å². The number of nitrogens with zero attached hydrogens (tertiary/aromatic N) is 2.